The van der Waals surface area contributed by atoms with Crippen molar-refractivity contribution >= 4 is 28.9 Å². The summed E-state index contributed by atoms with van der Waals surface area (Å²) < 4.78 is 15.9. The Morgan fingerprint density at radius 3 is 2.48 bits per heavy atom. The van der Waals surface area contributed by atoms with Gasteiger partial charge in [-0.15, -0.1) is 0 Å². The van der Waals surface area contributed by atoms with Gasteiger partial charge in [0.1, 0.15) is 22.6 Å². The number of rotatable bonds is 8. The second-order valence-corrected chi connectivity index (χ2v) is 6.66. The van der Waals surface area contributed by atoms with E-state index >= 15 is 0 Å². The molecular weight excluding hydrogens is 398 g/mol. The Labute approximate surface area is 179 Å². The van der Waals surface area contributed by atoms with Crippen LogP contribution in [-0.2, 0) is 4.79 Å². The molecule has 3 aromatic rings. The molecule has 0 saturated carbocycles. The third-order valence-electron chi connectivity index (χ3n) is 4.31. The highest BCUT2D eigenvalue weighted by Gasteiger charge is 2.14. The molecule has 2 aromatic carbocycles. The van der Waals surface area contributed by atoms with E-state index < -0.39 is 17.5 Å². The number of benzene rings is 2. The van der Waals surface area contributed by atoms with E-state index in [1.807, 2.05) is 38.1 Å². The first-order valence-electron chi connectivity index (χ1n) is 9.99. The third kappa shape index (κ3) is 5.82. The number of fused-ring (bicyclic) bond motifs is 1. The Hall–Kier alpha value is -3.87. The van der Waals surface area contributed by atoms with Gasteiger partial charge in [-0.05, 0) is 55.3 Å². The molecule has 160 valence electrons. The fraction of sp³-hybridized carbons (Fsp3) is 0.208. The van der Waals surface area contributed by atoms with Crippen LogP contribution in [0.4, 0.5) is 0 Å². The fourth-order valence-corrected chi connectivity index (χ4v) is 2.80. The lowest BCUT2D eigenvalue weighted by Crippen LogP contribution is -2.28. The van der Waals surface area contributed by atoms with E-state index in [1.54, 1.807) is 18.2 Å². The van der Waals surface area contributed by atoms with Crippen LogP contribution in [0, 0.1) is 0 Å². The molecule has 7 heteroatoms. The Balaban J connectivity index is 1.70. The average molecular weight is 421 g/mol. The normalized spacial score (nSPS) is 10.9. The summed E-state index contributed by atoms with van der Waals surface area (Å²) in [6, 6.07) is 13.4. The van der Waals surface area contributed by atoms with Crippen molar-refractivity contribution in [1.82, 2.24) is 5.32 Å². The van der Waals surface area contributed by atoms with Crippen LogP contribution in [0.1, 0.15) is 36.2 Å². The first kappa shape index (κ1) is 21.8. The molecule has 31 heavy (non-hydrogen) atoms. The Bertz CT molecular complexity index is 1160. The first-order chi connectivity index (χ1) is 15.0. The number of ether oxygens (including phenoxy) is 2. The van der Waals surface area contributed by atoms with Crippen molar-refractivity contribution < 1.29 is 23.5 Å². The van der Waals surface area contributed by atoms with Gasteiger partial charge in [0.2, 0.25) is 0 Å². The first-order valence-corrected chi connectivity index (χ1v) is 9.99. The number of carbonyl (C=O) groups excluding carboxylic acids is 2. The van der Waals surface area contributed by atoms with Crippen molar-refractivity contribution in [3.63, 3.8) is 0 Å². The van der Waals surface area contributed by atoms with Gasteiger partial charge in [0, 0.05) is 24.1 Å². The maximum absolute atomic E-state index is 12.1. The standard InChI is InChI=1S/C24H23NO6/c1-3-13-25-23(27)20-14-17-8-11-19(15-21(17)31-24(20)28)30-22(26)12-7-16-5-9-18(10-6-16)29-4-2/h5-12,14-15H,3-4,13H2,1-2H3,(H,25,27)/b12-7+. The largest absolute Gasteiger partial charge is 0.494 e. The molecule has 1 amide bonds. The highest BCUT2D eigenvalue weighted by atomic mass is 16.5. The maximum atomic E-state index is 12.1. The Morgan fingerprint density at radius 2 is 1.77 bits per heavy atom. The molecule has 0 aliphatic heterocycles. The molecule has 0 fully saturated rings. The number of hydrogen-bond acceptors (Lipinski definition) is 6. The van der Waals surface area contributed by atoms with Crippen molar-refractivity contribution in [2.24, 2.45) is 0 Å². The summed E-state index contributed by atoms with van der Waals surface area (Å²) in [5.74, 6) is -0.0790. The molecule has 0 spiro atoms. The van der Waals surface area contributed by atoms with E-state index in [1.165, 1.54) is 18.2 Å². The lowest BCUT2D eigenvalue weighted by atomic mass is 10.1. The van der Waals surface area contributed by atoms with Crippen molar-refractivity contribution in [2.75, 3.05) is 13.2 Å². The third-order valence-corrected chi connectivity index (χ3v) is 4.31. The van der Waals surface area contributed by atoms with Crippen LogP contribution in [0.25, 0.3) is 17.0 Å². The topological polar surface area (TPSA) is 94.8 Å². The second-order valence-electron chi connectivity index (χ2n) is 6.66. The van der Waals surface area contributed by atoms with Gasteiger partial charge in [0.15, 0.2) is 0 Å². The minimum absolute atomic E-state index is 0.0658. The Morgan fingerprint density at radius 1 is 1.03 bits per heavy atom. The van der Waals surface area contributed by atoms with Crippen LogP contribution in [0.15, 0.2) is 63.8 Å². The van der Waals surface area contributed by atoms with Gasteiger partial charge in [0.05, 0.1) is 6.61 Å². The van der Waals surface area contributed by atoms with E-state index in [9.17, 15) is 14.4 Å². The van der Waals surface area contributed by atoms with Crippen molar-refractivity contribution in [3.05, 3.63) is 76.2 Å². The molecule has 0 saturated heterocycles. The smallest absolute Gasteiger partial charge is 0.349 e. The number of carbonyl (C=O) groups is 2. The zero-order valence-electron chi connectivity index (χ0n) is 17.3. The zero-order chi connectivity index (χ0) is 22.2. The summed E-state index contributed by atoms with van der Waals surface area (Å²) in [6.07, 6.45) is 3.68. The number of hydrogen-bond donors (Lipinski definition) is 1. The monoisotopic (exact) mass is 421 g/mol. The zero-order valence-corrected chi connectivity index (χ0v) is 17.3. The molecule has 1 N–H and O–H groups in total. The Kier molecular flexibility index (Phi) is 7.22. The molecule has 3 rings (SSSR count). The summed E-state index contributed by atoms with van der Waals surface area (Å²) in [6.45, 7) is 4.88. The number of nitrogens with one attached hydrogen (secondary N) is 1. The quantitative estimate of drug-likeness (QED) is 0.256. The molecule has 7 nitrogen and oxygen atoms in total. The van der Waals surface area contributed by atoms with Crippen LogP contribution in [0.2, 0.25) is 0 Å². The van der Waals surface area contributed by atoms with Gasteiger partial charge in [-0.2, -0.15) is 0 Å². The molecular formula is C24H23NO6. The van der Waals surface area contributed by atoms with Gasteiger partial charge in [0.25, 0.3) is 5.91 Å². The van der Waals surface area contributed by atoms with E-state index in [4.69, 9.17) is 13.9 Å². The van der Waals surface area contributed by atoms with E-state index in [0.29, 0.717) is 18.5 Å². The SMILES string of the molecule is CCCNC(=O)c1cc2ccc(OC(=O)/C=C/c3ccc(OCC)cc3)cc2oc1=O. The fourth-order valence-electron chi connectivity index (χ4n) is 2.80. The molecule has 1 aromatic heterocycles. The van der Waals surface area contributed by atoms with Crippen LogP contribution < -0.4 is 20.4 Å². The van der Waals surface area contributed by atoms with Crippen molar-refractivity contribution in [1.29, 1.82) is 0 Å². The van der Waals surface area contributed by atoms with Gasteiger partial charge in [-0.1, -0.05) is 19.1 Å². The second kappa shape index (κ2) is 10.2. The van der Waals surface area contributed by atoms with Gasteiger partial charge in [-0.25, -0.2) is 9.59 Å². The van der Waals surface area contributed by atoms with E-state index in [-0.39, 0.29) is 16.9 Å². The molecule has 0 aliphatic rings. The number of esters is 1. The predicted octanol–water partition coefficient (Wildman–Crippen LogP) is 3.95. The van der Waals surface area contributed by atoms with Crippen LogP contribution in [0.5, 0.6) is 11.5 Å². The maximum Gasteiger partial charge on any atom is 0.349 e. The minimum Gasteiger partial charge on any atom is -0.494 e. The predicted molar refractivity (Wildman–Crippen MR) is 117 cm³/mol. The molecule has 1 heterocycles. The summed E-state index contributed by atoms with van der Waals surface area (Å²) in [5.41, 5.74) is 0.223. The van der Waals surface area contributed by atoms with Crippen molar-refractivity contribution in [2.45, 2.75) is 20.3 Å². The lowest BCUT2D eigenvalue weighted by molar-refractivity contribution is -0.128. The van der Waals surface area contributed by atoms with Crippen LogP contribution in [0.3, 0.4) is 0 Å². The highest BCUT2D eigenvalue weighted by molar-refractivity contribution is 5.97. The molecule has 0 atom stereocenters. The molecule has 0 bridgehead atoms. The summed E-state index contributed by atoms with van der Waals surface area (Å²) >= 11 is 0. The van der Waals surface area contributed by atoms with E-state index in [2.05, 4.69) is 5.32 Å². The minimum atomic E-state index is -0.750. The van der Waals surface area contributed by atoms with Crippen molar-refractivity contribution in [3.8, 4) is 11.5 Å². The van der Waals surface area contributed by atoms with Crippen LogP contribution >= 0.6 is 0 Å². The summed E-state index contributed by atoms with van der Waals surface area (Å²) in [7, 11) is 0. The van der Waals surface area contributed by atoms with Gasteiger partial charge < -0.3 is 19.2 Å². The van der Waals surface area contributed by atoms with Gasteiger partial charge >= 0.3 is 11.6 Å². The molecule has 0 unspecified atom stereocenters. The van der Waals surface area contributed by atoms with E-state index in [0.717, 1.165) is 17.7 Å². The van der Waals surface area contributed by atoms with Crippen LogP contribution in [-0.4, -0.2) is 25.0 Å². The average Bonchev–Trinajstić information content (AvgIpc) is 2.76. The highest BCUT2D eigenvalue weighted by Crippen LogP contribution is 2.21. The lowest BCUT2D eigenvalue weighted by Gasteiger charge is -2.05. The van der Waals surface area contributed by atoms with Gasteiger partial charge in [-0.3, -0.25) is 4.79 Å². The number of amides is 1. The molecule has 0 radical (unpaired) electrons. The summed E-state index contributed by atoms with van der Waals surface area (Å²) in [5, 5.41) is 3.19. The molecule has 0 aliphatic carbocycles. The summed E-state index contributed by atoms with van der Waals surface area (Å²) in [4.78, 5) is 36.3.